The molecule has 2 aromatic rings. The predicted molar refractivity (Wildman–Crippen MR) is 112 cm³/mol. The van der Waals surface area contributed by atoms with Crippen LogP contribution >= 0.6 is 11.8 Å². The van der Waals surface area contributed by atoms with Crippen molar-refractivity contribution in [3.05, 3.63) is 71.8 Å². The summed E-state index contributed by atoms with van der Waals surface area (Å²) >= 11 is 2.04. The molecule has 2 nitrogen and oxygen atoms in total. The smallest absolute Gasteiger partial charge is 0.220 e. The molecule has 0 spiro atoms. The fourth-order valence-electron chi connectivity index (χ4n) is 3.70. The normalized spacial score (nSPS) is 15.1. The molecule has 138 valence electrons. The molecule has 0 aromatic heterocycles. The quantitative estimate of drug-likeness (QED) is 0.634. The van der Waals surface area contributed by atoms with E-state index in [1.54, 1.807) is 0 Å². The number of rotatable bonds is 8. The minimum Gasteiger partial charge on any atom is -0.355 e. The van der Waals surface area contributed by atoms with Crippen LogP contribution in [-0.2, 0) is 4.79 Å². The van der Waals surface area contributed by atoms with Crippen molar-refractivity contribution in [2.45, 2.75) is 49.7 Å². The van der Waals surface area contributed by atoms with Gasteiger partial charge in [0.25, 0.3) is 0 Å². The van der Waals surface area contributed by atoms with E-state index in [4.69, 9.17) is 0 Å². The Labute approximate surface area is 161 Å². The Bertz CT molecular complexity index is 613. The van der Waals surface area contributed by atoms with Crippen LogP contribution in [0.3, 0.4) is 0 Å². The van der Waals surface area contributed by atoms with E-state index in [0.717, 1.165) is 17.5 Å². The second-order valence-corrected chi connectivity index (χ2v) is 8.47. The first-order valence-corrected chi connectivity index (χ1v) is 10.9. The largest absolute Gasteiger partial charge is 0.355 e. The molecular formula is C23H29NOS. The standard InChI is InChI=1S/C23H29NOS/c25-23(24-16-17-26-21-14-8-3-9-15-21)18-22(19-10-4-1-5-11-19)20-12-6-2-7-13-20/h1-2,4-7,10-13,21-22H,3,8-9,14-18H2,(H,24,25). The van der Waals surface area contributed by atoms with Crippen LogP contribution in [0.4, 0.5) is 0 Å². The van der Waals surface area contributed by atoms with Gasteiger partial charge in [-0.05, 0) is 24.0 Å². The maximum atomic E-state index is 12.5. The number of amides is 1. The van der Waals surface area contributed by atoms with Crippen LogP contribution in [0, 0.1) is 0 Å². The third-order valence-electron chi connectivity index (χ3n) is 5.12. The van der Waals surface area contributed by atoms with Gasteiger partial charge in [-0.15, -0.1) is 0 Å². The zero-order chi connectivity index (χ0) is 18.0. The van der Waals surface area contributed by atoms with E-state index < -0.39 is 0 Å². The lowest BCUT2D eigenvalue weighted by Crippen LogP contribution is -2.28. The van der Waals surface area contributed by atoms with Crippen LogP contribution in [0.5, 0.6) is 0 Å². The first-order valence-electron chi connectivity index (χ1n) is 9.81. The molecule has 1 N–H and O–H groups in total. The second kappa shape index (κ2) is 10.4. The molecule has 26 heavy (non-hydrogen) atoms. The maximum absolute atomic E-state index is 12.5. The van der Waals surface area contributed by atoms with E-state index in [1.807, 2.05) is 48.2 Å². The summed E-state index contributed by atoms with van der Waals surface area (Å²) in [6.45, 7) is 0.774. The highest BCUT2D eigenvalue weighted by Gasteiger charge is 2.18. The number of thioether (sulfide) groups is 1. The van der Waals surface area contributed by atoms with Crippen molar-refractivity contribution in [1.29, 1.82) is 0 Å². The van der Waals surface area contributed by atoms with E-state index in [9.17, 15) is 4.79 Å². The molecule has 0 bridgehead atoms. The lowest BCUT2D eigenvalue weighted by molar-refractivity contribution is -0.121. The fraction of sp³-hybridized carbons (Fsp3) is 0.435. The van der Waals surface area contributed by atoms with Gasteiger partial charge in [-0.25, -0.2) is 0 Å². The molecule has 0 atom stereocenters. The van der Waals surface area contributed by atoms with Crippen molar-refractivity contribution >= 4 is 17.7 Å². The van der Waals surface area contributed by atoms with Crippen LogP contribution in [-0.4, -0.2) is 23.5 Å². The van der Waals surface area contributed by atoms with Crippen LogP contribution in [0.15, 0.2) is 60.7 Å². The molecule has 0 saturated heterocycles. The molecule has 1 amide bonds. The van der Waals surface area contributed by atoms with Gasteiger partial charge < -0.3 is 5.32 Å². The Morgan fingerprint density at radius 1 is 0.923 bits per heavy atom. The molecular weight excluding hydrogens is 338 g/mol. The average molecular weight is 368 g/mol. The van der Waals surface area contributed by atoms with Crippen molar-refractivity contribution in [2.24, 2.45) is 0 Å². The number of carbonyl (C=O) groups is 1. The number of benzene rings is 2. The lowest BCUT2D eigenvalue weighted by Gasteiger charge is -2.21. The number of carbonyl (C=O) groups excluding carboxylic acids is 1. The highest BCUT2D eigenvalue weighted by atomic mass is 32.2. The van der Waals surface area contributed by atoms with Gasteiger partial charge in [-0.3, -0.25) is 4.79 Å². The summed E-state index contributed by atoms with van der Waals surface area (Å²) in [4.78, 5) is 12.5. The van der Waals surface area contributed by atoms with Crippen LogP contribution in [0.1, 0.15) is 55.6 Å². The molecule has 0 heterocycles. The third kappa shape index (κ3) is 5.91. The van der Waals surface area contributed by atoms with E-state index >= 15 is 0 Å². The van der Waals surface area contributed by atoms with E-state index in [1.165, 1.54) is 43.2 Å². The molecule has 0 aliphatic heterocycles. The Morgan fingerprint density at radius 2 is 1.50 bits per heavy atom. The minimum absolute atomic E-state index is 0.114. The predicted octanol–water partition coefficient (Wildman–Crippen LogP) is 5.39. The lowest BCUT2D eigenvalue weighted by atomic mass is 9.88. The van der Waals surface area contributed by atoms with Gasteiger partial charge >= 0.3 is 0 Å². The number of nitrogens with one attached hydrogen (secondary N) is 1. The van der Waals surface area contributed by atoms with Gasteiger partial charge in [0.05, 0.1) is 0 Å². The van der Waals surface area contributed by atoms with E-state index in [0.29, 0.717) is 6.42 Å². The zero-order valence-electron chi connectivity index (χ0n) is 15.4. The molecule has 1 saturated carbocycles. The van der Waals surface area contributed by atoms with E-state index in [2.05, 4.69) is 29.6 Å². The monoisotopic (exact) mass is 367 g/mol. The zero-order valence-corrected chi connectivity index (χ0v) is 16.2. The Hall–Kier alpha value is -1.74. The Morgan fingerprint density at radius 3 is 2.08 bits per heavy atom. The molecule has 1 aliphatic rings. The summed E-state index contributed by atoms with van der Waals surface area (Å²) in [6, 6.07) is 20.7. The summed E-state index contributed by atoms with van der Waals surface area (Å²) in [5.41, 5.74) is 2.40. The average Bonchev–Trinajstić information content (AvgIpc) is 2.71. The van der Waals surface area contributed by atoms with Gasteiger partial charge in [0.15, 0.2) is 0 Å². The van der Waals surface area contributed by atoms with Crippen molar-refractivity contribution < 1.29 is 4.79 Å². The topological polar surface area (TPSA) is 29.1 Å². The van der Waals surface area contributed by atoms with E-state index in [-0.39, 0.29) is 11.8 Å². The van der Waals surface area contributed by atoms with Gasteiger partial charge in [-0.1, -0.05) is 79.9 Å². The van der Waals surface area contributed by atoms with Crippen molar-refractivity contribution in [3.63, 3.8) is 0 Å². The van der Waals surface area contributed by atoms with Crippen molar-refractivity contribution in [1.82, 2.24) is 5.32 Å². The van der Waals surface area contributed by atoms with Crippen molar-refractivity contribution in [2.75, 3.05) is 12.3 Å². The third-order valence-corrected chi connectivity index (χ3v) is 6.51. The summed E-state index contributed by atoms with van der Waals surface area (Å²) < 4.78 is 0. The van der Waals surface area contributed by atoms with Gasteiger partial charge in [0.1, 0.15) is 0 Å². The first kappa shape index (κ1) is 19.0. The highest BCUT2D eigenvalue weighted by molar-refractivity contribution is 7.99. The maximum Gasteiger partial charge on any atom is 0.220 e. The molecule has 3 rings (SSSR count). The minimum atomic E-state index is 0.114. The molecule has 1 aliphatic carbocycles. The summed E-state index contributed by atoms with van der Waals surface area (Å²) in [5, 5.41) is 3.94. The summed E-state index contributed by atoms with van der Waals surface area (Å²) in [7, 11) is 0. The first-order chi connectivity index (χ1) is 12.8. The van der Waals surface area contributed by atoms with Crippen LogP contribution < -0.4 is 5.32 Å². The molecule has 3 heteroatoms. The number of hydrogen-bond acceptors (Lipinski definition) is 2. The van der Waals surface area contributed by atoms with Crippen LogP contribution in [0.25, 0.3) is 0 Å². The van der Waals surface area contributed by atoms with Crippen molar-refractivity contribution in [3.8, 4) is 0 Å². The Balaban J connectivity index is 1.51. The molecule has 1 fully saturated rings. The summed E-state index contributed by atoms with van der Waals surface area (Å²) in [6.07, 6.45) is 7.35. The van der Waals surface area contributed by atoms with Crippen LogP contribution in [0.2, 0.25) is 0 Å². The fourth-order valence-corrected chi connectivity index (χ4v) is 4.92. The van der Waals surface area contributed by atoms with Gasteiger partial charge in [-0.2, -0.15) is 11.8 Å². The highest BCUT2D eigenvalue weighted by Crippen LogP contribution is 2.29. The molecule has 0 unspecified atom stereocenters. The van der Waals surface area contributed by atoms with Gasteiger partial charge in [0.2, 0.25) is 5.91 Å². The SMILES string of the molecule is O=C(CC(c1ccccc1)c1ccccc1)NCCSC1CCCCC1. The summed E-state index contributed by atoms with van der Waals surface area (Å²) in [5.74, 6) is 1.29. The second-order valence-electron chi connectivity index (χ2n) is 7.06. The number of hydrogen-bond donors (Lipinski definition) is 1. The van der Waals surface area contributed by atoms with Gasteiger partial charge in [0, 0.05) is 29.9 Å². The Kier molecular flexibility index (Phi) is 7.63. The molecule has 0 radical (unpaired) electrons. The molecule has 2 aromatic carbocycles.